The normalized spacial score (nSPS) is 20.6. The Morgan fingerprint density at radius 2 is 2.14 bits per heavy atom. The average molecular weight is 315 g/mol. The fourth-order valence-corrected chi connectivity index (χ4v) is 4.41. The van der Waals surface area contributed by atoms with E-state index in [-0.39, 0.29) is 6.54 Å². The van der Waals surface area contributed by atoms with Crippen LogP contribution in [0.1, 0.15) is 39.5 Å². The Kier molecular flexibility index (Phi) is 8.27. The molecule has 0 bridgehead atoms. The standard InChI is InChI=1S/C15H29N3O2S/c1-4-9-16-13-15-8-7-12-18(14-15)21(19,20)17(10-5-2)11-6-3/h2,15-16H,4,6-14H2,1,3H3. The minimum Gasteiger partial charge on any atom is -0.316 e. The van der Waals surface area contributed by atoms with Crippen molar-refractivity contribution in [3.05, 3.63) is 0 Å². The van der Waals surface area contributed by atoms with Crippen molar-refractivity contribution in [1.82, 2.24) is 13.9 Å². The first-order valence-corrected chi connectivity index (χ1v) is 9.35. The van der Waals surface area contributed by atoms with Gasteiger partial charge in [0.2, 0.25) is 0 Å². The Balaban J connectivity index is 2.66. The molecule has 0 aromatic rings. The van der Waals surface area contributed by atoms with Crippen molar-refractivity contribution in [3.8, 4) is 12.3 Å². The van der Waals surface area contributed by atoms with E-state index >= 15 is 0 Å². The predicted octanol–water partition coefficient (Wildman–Crippen LogP) is 1.29. The molecule has 1 unspecified atom stereocenters. The summed E-state index contributed by atoms with van der Waals surface area (Å²) in [6.07, 6.45) is 9.20. The molecule has 0 aliphatic carbocycles. The molecule has 1 heterocycles. The summed E-state index contributed by atoms with van der Waals surface area (Å²) in [7, 11) is -3.42. The highest BCUT2D eigenvalue weighted by Gasteiger charge is 2.32. The van der Waals surface area contributed by atoms with Crippen LogP contribution in [0.25, 0.3) is 0 Å². The second kappa shape index (κ2) is 9.42. The summed E-state index contributed by atoms with van der Waals surface area (Å²) in [6.45, 7) is 7.83. The van der Waals surface area contributed by atoms with Gasteiger partial charge in [-0.1, -0.05) is 19.8 Å². The molecule has 1 aliphatic heterocycles. The third-order valence-electron chi connectivity index (χ3n) is 3.73. The summed E-state index contributed by atoms with van der Waals surface area (Å²) in [5.74, 6) is 2.86. The van der Waals surface area contributed by atoms with Gasteiger partial charge >= 0.3 is 0 Å². The molecule has 1 aliphatic rings. The number of terminal acetylenes is 1. The molecule has 1 saturated heterocycles. The van der Waals surface area contributed by atoms with E-state index in [2.05, 4.69) is 18.2 Å². The Bertz CT molecular complexity index is 431. The van der Waals surface area contributed by atoms with Crippen LogP contribution in [0.4, 0.5) is 0 Å². The molecule has 0 spiro atoms. The van der Waals surface area contributed by atoms with Crippen LogP contribution in [-0.4, -0.2) is 56.3 Å². The third-order valence-corrected chi connectivity index (χ3v) is 5.68. The van der Waals surface area contributed by atoms with Crippen molar-refractivity contribution in [2.24, 2.45) is 5.92 Å². The minimum atomic E-state index is -3.42. The number of nitrogens with one attached hydrogen (secondary N) is 1. The van der Waals surface area contributed by atoms with Gasteiger partial charge in [-0.3, -0.25) is 0 Å². The monoisotopic (exact) mass is 315 g/mol. The van der Waals surface area contributed by atoms with E-state index < -0.39 is 10.2 Å². The van der Waals surface area contributed by atoms with Gasteiger partial charge in [0.15, 0.2) is 0 Å². The molecule has 1 fully saturated rings. The molecule has 122 valence electrons. The Morgan fingerprint density at radius 1 is 1.38 bits per heavy atom. The number of hydrogen-bond donors (Lipinski definition) is 1. The van der Waals surface area contributed by atoms with Crippen LogP contribution < -0.4 is 5.32 Å². The van der Waals surface area contributed by atoms with Crippen LogP contribution in [0.3, 0.4) is 0 Å². The first-order valence-electron chi connectivity index (χ1n) is 7.95. The summed E-state index contributed by atoms with van der Waals surface area (Å²) in [5, 5.41) is 3.39. The number of piperidine rings is 1. The summed E-state index contributed by atoms with van der Waals surface area (Å²) in [6, 6.07) is 0. The Hall–Kier alpha value is -0.610. The summed E-state index contributed by atoms with van der Waals surface area (Å²) < 4.78 is 28.4. The molecule has 21 heavy (non-hydrogen) atoms. The topological polar surface area (TPSA) is 52.7 Å². The quantitative estimate of drug-likeness (QED) is 0.515. The number of rotatable bonds is 9. The van der Waals surface area contributed by atoms with Crippen molar-refractivity contribution < 1.29 is 8.42 Å². The second-order valence-corrected chi connectivity index (χ2v) is 7.54. The van der Waals surface area contributed by atoms with Gasteiger partial charge in [0.25, 0.3) is 10.2 Å². The van der Waals surface area contributed by atoms with E-state index in [4.69, 9.17) is 6.42 Å². The lowest BCUT2D eigenvalue weighted by atomic mass is 10.00. The number of hydrogen-bond acceptors (Lipinski definition) is 3. The smallest absolute Gasteiger partial charge is 0.282 e. The van der Waals surface area contributed by atoms with Gasteiger partial charge < -0.3 is 5.32 Å². The van der Waals surface area contributed by atoms with E-state index in [1.807, 2.05) is 6.92 Å². The lowest BCUT2D eigenvalue weighted by Crippen LogP contribution is -2.49. The second-order valence-electron chi connectivity index (χ2n) is 5.62. The van der Waals surface area contributed by atoms with Gasteiger partial charge in [-0.15, -0.1) is 6.42 Å². The third kappa shape index (κ3) is 5.59. The maximum atomic E-state index is 12.7. The highest BCUT2D eigenvalue weighted by atomic mass is 32.2. The van der Waals surface area contributed by atoms with Crippen LogP contribution in [0.15, 0.2) is 0 Å². The van der Waals surface area contributed by atoms with Crippen molar-refractivity contribution in [3.63, 3.8) is 0 Å². The largest absolute Gasteiger partial charge is 0.316 e. The maximum absolute atomic E-state index is 12.7. The SMILES string of the molecule is C#CCN(CCC)S(=O)(=O)N1CCCC(CNCCC)C1. The lowest BCUT2D eigenvalue weighted by Gasteiger charge is -2.35. The van der Waals surface area contributed by atoms with E-state index in [1.54, 1.807) is 4.31 Å². The molecule has 0 saturated carbocycles. The minimum absolute atomic E-state index is 0.158. The Labute approximate surface area is 130 Å². The molecule has 0 radical (unpaired) electrons. The molecule has 6 heteroatoms. The summed E-state index contributed by atoms with van der Waals surface area (Å²) >= 11 is 0. The lowest BCUT2D eigenvalue weighted by molar-refractivity contribution is 0.244. The Morgan fingerprint density at radius 3 is 2.76 bits per heavy atom. The zero-order valence-corrected chi connectivity index (χ0v) is 14.2. The average Bonchev–Trinajstić information content (AvgIpc) is 2.47. The van der Waals surface area contributed by atoms with Crippen LogP contribution in [0.5, 0.6) is 0 Å². The molecular formula is C15H29N3O2S. The van der Waals surface area contributed by atoms with Gasteiger partial charge in [-0.2, -0.15) is 17.0 Å². The van der Waals surface area contributed by atoms with E-state index in [9.17, 15) is 8.42 Å². The van der Waals surface area contributed by atoms with Crippen LogP contribution >= 0.6 is 0 Å². The molecule has 0 aromatic carbocycles. The van der Waals surface area contributed by atoms with Crippen molar-refractivity contribution in [2.75, 3.05) is 39.3 Å². The summed E-state index contributed by atoms with van der Waals surface area (Å²) in [4.78, 5) is 0. The van der Waals surface area contributed by atoms with Crippen molar-refractivity contribution in [2.45, 2.75) is 39.5 Å². The summed E-state index contributed by atoms with van der Waals surface area (Å²) in [5.41, 5.74) is 0. The van der Waals surface area contributed by atoms with Gasteiger partial charge in [0, 0.05) is 19.6 Å². The van der Waals surface area contributed by atoms with E-state index in [1.165, 1.54) is 4.31 Å². The highest BCUT2D eigenvalue weighted by molar-refractivity contribution is 7.86. The van der Waals surface area contributed by atoms with Gasteiger partial charge in [0.05, 0.1) is 6.54 Å². The molecular weight excluding hydrogens is 286 g/mol. The van der Waals surface area contributed by atoms with E-state index in [0.29, 0.717) is 25.6 Å². The molecule has 5 nitrogen and oxygen atoms in total. The van der Waals surface area contributed by atoms with E-state index in [0.717, 1.165) is 38.8 Å². The fourth-order valence-electron chi connectivity index (χ4n) is 2.68. The molecule has 1 N–H and O–H groups in total. The first-order chi connectivity index (χ1) is 10.1. The fraction of sp³-hybridized carbons (Fsp3) is 0.867. The number of nitrogens with zero attached hydrogens (tertiary/aromatic N) is 2. The van der Waals surface area contributed by atoms with Crippen LogP contribution in [-0.2, 0) is 10.2 Å². The molecule has 1 atom stereocenters. The molecule has 0 amide bonds. The zero-order valence-electron chi connectivity index (χ0n) is 13.3. The van der Waals surface area contributed by atoms with Gasteiger partial charge in [-0.25, -0.2) is 0 Å². The zero-order chi connectivity index (χ0) is 15.7. The maximum Gasteiger partial charge on any atom is 0.282 e. The van der Waals surface area contributed by atoms with Crippen LogP contribution in [0, 0.1) is 18.3 Å². The van der Waals surface area contributed by atoms with Crippen molar-refractivity contribution >= 4 is 10.2 Å². The van der Waals surface area contributed by atoms with Crippen molar-refractivity contribution in [1.29, 1.82) is 0 Å². The molecule has 0 aromatic heterocycles. The van der Waals surface area contributed by atoms with Gasteiger partial charge in [-0.05, 0) is 44.7 Å². The highest BCUT2D eigenvalue weighted by Crippen LogP contribution is 2.20. The van der Waals surface area contributed by atoms with Gasteiger partial charge in [0.1, 0.15) is 0 Å². The van der Waals surface area contributed by atoms with Crippen LogP contribution in [0.2, 0.25) is 0 Å². The predicted molar refractivity (Wildman–Crippen MR) is 87.1 cm³/mol. The molecule has 1 rings (SSSR count). The first kappa shape index (κ1) is 18.4.